The van der Waals surface area contributed by atoms with Crippen molar-refractivity contribution in [3.8, 4) is 22.3 Å². The van der Waals surface area contributed by atoms with Crippen LogP contribution in [0.15, 0.2) is 103 Å². The first-order chi connectivity index (χ1) is 12.9. The van der Waals surface area contributed by atoms with Crippen molar-refractivity contribution in [2.45, 2.75) is 6.04 Å². The highest BCUT2D eigenvalue weighted by atomic mass is 14.9. The van der Waals surface area contributed by atoms with Crippen LogP contribution in [0.3, 0.4) is 0 Å². The van der Waals surface area contributed by atoms with E-state index in [9.17, 15) is 0 Å². The van der Waals surface area contributed by atoms with Crippen molar-refractivity contribution in [2.75, 3.05) is 5.32 Å². The highest BCUT2D eigenvalue weighted by Gasteiger charge is 2.23. The summed E-state index contributed by atoms with van der Waals surface area (Å²) < 4.78 is 0. The molecule has 0 aliphatic carbocycles. The number of anilines is 1. The summed E-state index contributed by atoms with van der Waals surface area (Å²) in [6.45, 7) is 0. The van der Waals surface area contributed by atoms with E-state index < -0.39 is 0 Å². The summed E-state index contributed by atoms with van der Waals surface area (Å²) in [6.07, 6.45) is 0. The van der Waals surface area contributed by atoms with Crippen LogP contribution in [0.5, 0.6) is 0 Å². The molecule has 1 atom stereocenters. The first-order valence-electron chi connectivity index (χ1n) is 9.01. The van der Waals surface area contributed by atoms with Gasteiger partial charge in [-0.25, -0.2) is 0 Å². The molecule has 4 aromatic rings. The molecule has 1 aliphatic heterocycles. The highest BCUT2D eigenvalue weighted by molar-refractivity contribution is 5.92. The Bertz CT molecular complexity index is 1070. The van der Waals surface area contributed by atoms with Gasteiger partial charge in [-0.2, -0.15) is 0 Å². The minimum atomic E-state index is 0.113. The minimum Gasteiger partial charge on any atom is -0.374 e. The first-order valence-corrected chi connectivity index (χ1v) is 9.01. The van der Waals surface area contributed by atoms with Crippen molar-refractivity contribution < 1.29 is 0 Å². The Morgan fingerprint density at radius 1 is 0.462 bits per heavy atom. The second-order valence-electron chi connectivity index (χ2n) is 6.67. The summed E-state index contributed by atoms with van der Waals surface area (Å²) >= 11 is 0. The molecule has 1 aliphatic rings. The fourth-order valence-electron chi connectivity index (χ4n) is 3.93. The Balaban J connectivity index is 1.85. The molecule has 0 bridgehead atoms. The van der Waals surface area contributed by atoms with E-state index in [1.807, 2.05) is 0 Å². The van der Waals surface area contributed by atoms with E-state index in [4.69, 9.17) is 0 Å². The van der Waals surface area contributed by atoms with E-state index in [0.717, 1.165) is 0 Å². The number of para-hydroxylation sites is 1. The Morgan fingerprint density at radius 3 is 1.77 bits per heavy atom. The number of rotatable bonds is 1. The topological polar surface area (TPSA) is 12.0 Å². The molecule has 1 heterocycles. The molecule has 0 saturated heterocycles. The highest BCUT2D eigenvalue weighted by Crippen LogP contribution is 2.44. The molecule has 1 N–H and O–H groups in total. The normalized spacial score (nSPS) is 14.8. The molecular formula is C25H19N. The van der Waals surface area contributed by atoms with Crippen LogP contribution in [-0.2, 0) is 0 Å². The van der Waals surface area contributed by atoms with E-state index in [1.165, 1.54) is 39.1 Å². The van der Waals surface area contributed by atoms with Crippen molar-refractivity contribution in [2.24, 2.45) is 0 Å². The number of nitrogens with one attached hydrogen (secondary N) is 1. The third-order valence-electron chi connectivity index (χ3n) is 5.14. The van der Waals surface area contributed by atoms with Gasteiger partial charge in [0.15, 0.2) is 0 Å². The molecule has 0 fully saturated rings. The van der Waals surface area contributed by atoms with E-state index in [0.29, 0.717) is 0 Å². The zero-order valence-corrected chi connectivity index (χ0v) is 14.4. The molecule has 0 spiro atoms. The van der Waals surface area contributed by atoms with Crippen molar-refractivity contribution in [3.05, 3.63) is 114 Å². The third kappa shape index (κ3) is 2.41. The summed E-state index contributed by atoms with van der Waals surface area (Å²) in [5.74, 6) is 0. The van der Waals surface area contributed by atoms with Gasteiger partial charge in [-0.05, 0) is 33.9 Å². The smallest absolute Gasteiger partial charge is 0.0773 e. The fourth-order valence-corrected chi connectivity index (χ4v) is 3.93. The number of hydrogen-bond donors (Lipinski definition) is 1. The Labute approximate surface area is 154 Å². The molecule has 0 radical (unpaired) electrons. The van der Waals surface area contributed by atoms with E-state index in [1.54, 1.807) is 0 Å². The summed E-state index contributed by atoms with van der Waals surface area (Å²) in [5, 5.41) is 3.81. The van der Waals surface area contributed by atoms with Crippen LogP contribution in [-0.4, -0.2) is 0 Å². The maximum atomic E-state index is 3.81. The fraction of sp³-hybridized carbons (Fsp3) is 0.0400. The van der Waals surface area contributed by atoms with Gasteiger partial charge in [-0.15, -0.1) is 0 Å². The molecule has 0 aromatic heterocycles. The number of benzene rings is 4. The van der Waals surface area contributed by atoms with Gasteiger partial charge in [-0.3, -0.25) is 0 Å². The largest absolute Gasteiger partial charge is 0.374 e. The molecule has 0 unspecified atom stereocenters. The summed E-state index contributed by atoms with van der Waals surface area (Å²) in [5.41, 5.74) is 8.85. The molecule has 26 heavy (non-hydrogen) atoms. The lowest BCUT2D eigenvalue weighted by atomic mass is 9.85. The van der Waals surface area contributed by atoms with Crippen molar-refractivity contribution >= 4 is 5.69 Å². The maximum Gasteiger partial charge on any atom is 0.0773 e. The first kappa shape index (κ1) is 15.0. The molecule has 1 heteroatoms. The Morgan fingerprint density at radius 2 is 1.00 bits per heavy atom. The maximum absolute atomic E-state index is 3.81. The second kappa shape index (κ2) is 6.20. The van der Waals surface area contributed by atoms with E-state index >= 15 is 0 Å². The Kier molecular flexibility index (Phi) is 3.57. The predicted octanol–water partition coefficient (Wildman–Crippen LogP) is 6.54. The molecule has 1 nitrogen and oxygen atoms in total. The monoisotopic (exact) mass is 333 g/mol. The second-order valence-corrected chi connectivity index (χ2v) is 6.67. The predicted molar refractivity (Wildman–Crippen MR) is 109 cm³/mol. The molecule has 0 saturated carbocycles. The SMILES string of the molecule is c1ccc([C@H]2Nc3ccccc3-c3ccccc3-c3ccccc32)cc1. The van der Waals surface area contributed by atoms with Gasteiger partial charge in [0, 0.05) is 11.3 Å². The van der Waals surface area contributed by atoms with Crippen LogP contribution in [0.25, 0.3) is 22.3 Å². The average molecular weight is 333 g/mol. The number of fused-ring (bicyclic) bond motifs is 5. The minimum absolute atomic E-state index is 0.113. The summed E-state index contributed by atoms with van der Waals surface area (Å²) in [4.78, 5) is 0. The molecule has 0 amide bonds. The van der Waals surface area contributed by atoms with Crippen molar-refractivity contribution in [1.29, 1.82) is 0 Å². The quantitative estimate of drug-likeness (QED) is 0.417. The molecule has 5 rings (SSSR count). The zero-order valence-electron chi connectivity index (χ0n) is 14.4. The van der Waals surface area contributed by atoms with Gasteiger partial charge in [-0.1, -0.05) is 97.1 Å². The van der Waals surface area contributed by atoms with Gasteiger partial charge in [0.25, 0.3) is 0 Å². The van der Waals surface area contributed by atoms with Crippen LogP contribution < -0.4 is 5.32 Å². The van der Waals surface area contributed by atoms with Crippen LogP contribution in [0.2, 0.25) is 0 Å². The summed E-state index contributed by atoms with van der Waals surface area (Å²) in [6, 6.07) is 36.8. The van der Waals surface area contributed by atoms with Gasteiger partial charge in [0.05, 0.1) is 6.04 Å². The zero-order chi connectivity index (χ0) is 17.3. The molecule has 4 aromatic carbocycles. The van der Waals surface area contributed by atoms with Crippen LogP contribution in [0.4, 0.5) is 5.69 Å². The lowest BCUT2D eigenvalue weighted by Gasteiger charge is -2.28. The van der Waals surface area contributed by atoms with Crippen LogP contribution in [0.1, 0.15) is 17.2 Å². The van der Waals surface area contributed by atoms with Crippen molar-refractivity contribution in [1.82, 2.24) is 0 Å². The molecule has 124 valence electrons. The molecular weight excluding hydrogens is 314 g/mol. The van der Waals surface area contributed by atoms with Gasteiger partial charge in [0.2, 0.25) is 0 Å². The van der Waals surface area contributed by atoms with E-state index in [2.05, 4.69) is 108 Å². The van der Waals surface area contributed by atoms with Crippen molar-refractivity contribution in [3.63, 3.8) is 0 Å². The Hall–Kier alpha value is -3.32. The van der Waals surface area contributed by atoms with Gasteiger partial charge < -0.3 is 5.32 Å². The third-order valence-corrected chi connectivity index (χ3v) is 5.14. The van der Waals surface area contributed by atoms with Crippen LogP contribution >= 0.6 is 0 Å². The number of hydrogen-bond acceptors (Lipinski definition) is 1. The standard InChI is InChI=1S/C25H19N/c1-2-10-18(11-3-1)25-23-16-7-6-14-21(23)19-12-4-5-13-20(19)22-15-8-9-17-24(22)26-25/h1-17,25-26H/t25-/m1/s1. The lowest BCUT2D eigenvalue weighted by Crippen LogP contribution is -2.15. The van der Waals surface area contributed by atoms with Gasteiger partial charge >= 0.3 is 0 Å². The lowest BCUT2D eigenvalue weighted by molar-refractivity contribution is 0.940. The van der Waals surface area contributed by atoms with Gasteiger partial charge in [0.1, 0.15) is 0 Å². The van der Waals surface area contributed by atoms with Crippen LogP contribution in [0, 0.1) is 0 Å². The average Bonchev–Trinajstić information content (AvgIpc) is 2.72. The summed E-state index contributed by atoms with van der Waals surface area (Å²) in [7, 11) is 0. The van der Waals surface area contributed by atoms with E-state index in [-0.39, 0.29) is 6.04 Å².